The summed E-state index contributed by atoms with van der Waals surface area (Å²) in [4.78, 5) is 0.264. The summed E-state index contributed by atoms with van der Waals surface area (Å²) in [6.45, 7) is 0.445. The van der Waals surface area contributed by atoms with Crippen molar-refractivity contribution in [3.8, 4) is 0 Å². The number of benzene rings is 1. The zero-order valence-corrected chi connectivity index (χ0v) is 12.6. The number of aryl methyl sites for hydroxylation is 1. The summed E-state index contributed by atoms with van der Waals surface area (Å²) in [5.74, 6) is 0. The summed E-state index contributed by atoms with van der Waals surface area (Å²) < 4.78 is 26.8. The predicted octanol–water partition coefficient (Wildman–Crippen LogP) is 2.15. The van der Waals surface area contributed by atoms with Gasteiger partial charge in [-0.2, -0.15) is 11.3 Å². The van der Waals surface area contributed by atoms with E-state index in [1.807, 2.05) is 16.8 Å². The minimum absolute atomic E-state index is 0.141. The fourth-order valence-corrected chi connectivity index (χ4v) is 3.46. The first-order valence-electron chi connectivity index (χ1n) is 6.32. The summed E-state index contributed by atoms with van der Waals surface area (Å²) in [6.07, 6.45) is 1.43. The van der Waals surface area contributed by atoms with Crippen molar-refractivity contribution in [1.29, 1.82) is 0 Å². The maximum absolute atomic E-state index is 12.1. The molecule has 1 heterocycles. The highest BCUT2D eigenvalue weighted by Gasteiger charge is 2.13. The average molecular weight is 311 g/mol. The van der Waals surface area contributed by atoms with Gasteiger partial charge in [0, 0.05) is 13.2 Å². The van der Waals surface area contributed by atoms with Gasteiger partial charge >= 0.3 is 0 Å². The molecule has 0 amide bonds. The van der Waals surface area contributed by atoms with Crippen LogP contribution in [0.4, 0.5) is 0 Å². The standard InChI is InChI=1S/C14H17NO3S2/c16-8-1-2-12-3-5-14(6-4-12)20(17,18)15-10-13-7-9-19-11-13/h3-7,9,11,15-16H,1-2,8,10H2. The SMILES string of the molecule is O=S(=O)(NCc1ccsc1)c1ccc(CCCO)cc1. The van der Waals surface area contributed by atoms with E-state index in [9.17, 15) is 8.42 Å². The van der Waals surface area contributed by atoms with Gasteiger partial charge in [0.25, 0.3) is 0 Å². The van der Waals surface area contributed by atoms with Crippen LogP contribution in [0, 0.1) is 0 Å². The zero-order chi connectivity index (χ0) is 14.4. The van der Waals surface area contributed by atoms with Gasteiger partial charge in [0.2, 0.25) is 10.0 Å². The molecule has 0 unspecified atom stereocenters. The van der Waals surface area contributed by atoms with Crippen LogP contribution in [0.15, 0.2) is 46.0 Å². The van der Waals surface area contributed by atoms with Crippen LogP contribution >= 0.6 is 11.3 Å². The number of hydrogen-bond donors (Lipinski definition) is 2. The van der Waals surface area contributed by atoms with Crippen LogP contribution in [0.25, 0.3) is 0 Å². The highest BCUT2D eigenvalue weighted by molar-refractivity contribution is 7.89. The van der Waals surface area contributed by atoms with Crippen molar-refractivity contribution < 1.29 is 13.5 Å². The number of hydrogen-bond acceptors (Lipinski definition) is 4. The van der Waals surface area contributed by atoms with Gasteiger partial charge in [-0.05, 0) is 52.9 Å². The molecule has 2 aromatic rings. The van der Waals surface area contributed by atoms with Gasteiger partial charge in [-0.15, -0.1) is 0 Å². The Morgan fingerprint density at radius 3 is 2.45 bits per heavy atom. The van der Waals surface area contributed by atoms with Crippen molar-refractivity contribution in [2.75, 3.05) is 6.61 Å². The molecule has 2 N–H and O–H groups in total. The van der Waals surface area contributed by atoms with Gasteiger partial charge in [0.15, 0.2) is 0 Å². The van der Waals surface area contributed by atoms with Gasteiger partial charge in [-0.25, -0.2) is 13.1 Å². The normalized spacial score (nSPS) is 11.7. The minimum atomic E-state index is -3.47. The van der Waals surface area contributed by atoms with Gasteiger partial charge in [0.05, 0.1) is 4.90 Å². The molecule has 4 nitrogen and oxygen atoms in total. The molecule has 0 aliphatic rings. The molecule has 0 aliphatic carbocycles. The molecule has 0 radical (unpaired) electrons. The summed E-state index contributed by atoms with van der Waals surface area (Å²) in [7, 11) is -3.47. The number of rotatable bonds is 7. The highest BCUT2D eigenvalue weighted by Crippen LogP contribution is 2.13. The molecule has 108 valence electrons. The molecule has 6 heteroatoms. The molecule has 0 spiro atoms. The Morgan fingerprint density at radius 1 is 1.10 bits per heavy atom. The largest absolute Gasteiger partial charge is 0.396 e. The van der Waals surface area contributed by atoms with Crippen molar-refractivity contribution >= 4 is 21.4 Å². The number of aliphatic hydroxyl groups excluding tert-OH is 1. The van der Waals surface area contributed by atoms with Gasteiger partial charge in [-0.1, -0.05) is 12.1 Å². The van der Waals surface area contributed by atoms with E-state index in [0.717, 1.165) is 17.5 Å². The summed E-state index contributed by atoms with van der Waals surface area (Å²) >= 11 is 1.54. The number of sulfonamides is 1. The van der Waals surface area contributed by atoms with Crippen molar-refractivity contribution in [3.05, 3.63) is 52.2 Å². The molecule has 0 fully saturated rings. The summed E-state index contributed by atoms with van der Waals surface area (Å²) in [5, 5.41) is 12.6. The second-order valence-corrected chi connectivity index (χ2v) is 6.97. The monoisotopic (exact) mass is 311 g/mol. The van der Waals surface area contributed by atoms with Crippen molar-refractivity contribution in [1.82, 2.24) is 4.72 Å². The Balaban J connectivity index is 2.01. The minimum Gasteiger partial charge on any atom is -0.396 e. The van der Waals surface area contributed by atoms with E-state index in [-0.39, 0.29) is 11.5 Å². The van der Waals surface area contributed by atoms with E-state index >= 15 is 0 Å². The quantitative estimate of drug-likeness (QED) is 0.823. The lowest BCUT2D eigenvalue weighted by Gasteiger charge is -2.07. The Labute approximate surface area is 123 Å². The van der Waals surface area contributed by atoms with Gasteiger partial charge in [-0.3, -0.25) is 0 Å². The van der Waals surface area contributed by atoms with Gasteiger partial charge in [0.1, 0.15) is 0 Å². The first-order valence-corrected chi connectivity index (χ1v) is 8.75. The summed E-state index contributed by atoms with van der Waals surface area (Å²) in [5.41, 5.74) is 1.98. The Bertz CT molecular complexity index is 619. The first-order chi connectivity index (χ1) is 9.62. The fourth-order valence-electron chi connectivity index (χ4n) is 1.77. The van der Waals surface area contributed by atoms with Crippen LogP contribution in [-0.2, 0) is 23.0 Å². The van der Waals surface area contributed by atoms with Crippen LogP contribution in [0.5, 0.6) is 0 Å². The van der Waals surface area contributed by atoms with Crippen LogP contribution in [-0.4, -0.2) is 20.1 Å². The molecular weight excluding hydrogens is 294 g/mol. The third-order valence-electron chi connectivity index (χ3n) is 2.90. The third kappa shape index (κ3) is 4.14. The van der Waals surface area contributed by atoms with Crippen LogP contribution < -0.4 is 4.72 Å². The van der Waals surface area contributed by atoms with E-state index in [2.05, 4.69) is 4.72 Å². The first kappa shape index (κ1) is 15.2. The third-order valence-corrected chi connectivity index (χ3v) is 5.05. The second kappa shape index (κ2) is 6.99. The van der Waals surface area contributed by atoms with E-state index < -0.39 is 10.0 Å². The number of aliphatic hydroxyl groups is 1. The van der Waals surface area contributed by atoms with Crippen LogP contribution in [0.2, 0.25) is 0 Å². The molecule has 0 aliphatic heterocycles. The lowest BCUT2D eigenvalue weighted by molar-refractivity contribution is 0.288. The Morgan fingerprint density at radius 2 is 1.85 bits per heavy atom. The molecular formula is C14H17NO3S2. The molecule has 1 aromatic heterocycles. The number of thiophene rings is 1. The Hall–Kier alpha value is -1.21. The maximum atomic E-state index is 12.1. The van der Waals surface area contributed by atoms with Crippen molar-refractivity contribution in [2.24, 2.45) is 0 Å². The molecule has 2 rings (SSSR count). The van der Waals surface area contributed by atoms with Crippen LogP contribution in [0.3, 0.4) is 0 Å². The van der Waals surface area contributed by atoms with Crippen LogP contribution in [0.1, 0.15) is 17.5 Å². The topological polar surface area (TPSA) is 66.4 Å². The predicted molar refractivity (Wildman–Crippen MR) is 80.2 cm³/mol. The zero-order valence-electron chi connectivity index (χ0n) is 11.0. The van der Waals surface area contributed by atoms with Gasteiger partial charge < -0.3 is 5.11 Å². The van der Waals surface area contributed by atoms with Crippen molar-refractivity contribution in [2.45, 2.75) is 24.3 Å². The average Bonchev–Trinajstić information content (AvgIpc) is 2.97. The lowest BCUT2D eigenvalue weighted by atomic mass is 10.1. The van der Waals surface area contributed by atoms with E-state index in [1.165, 1.54) is 0 Å². The van der Waals surface area contributed by atoms with E-state index in [1.54, 1.807) is 35.6 Å². The highest BCUT2D eigenvalue weighted by atomic mass is 32.2. The molecule has 0 atom stereocenters. The number of nitrogens with one attached hydrogen (secondary N) is 1. The lowest BCUT2D eigenvalue weighted by Crippen LogP contribution is -2.22. The molecule has 1 aromatic carbocycles. The molecule has 20 heavy (non-hydrogen) atoms. The maximum Gasteiger partial charge on any atom is 0.240 e. The van der Waals surface area contributed by atoms with Crippen molar-refractivity contribution in [3.63, 3.8) is 0 Å². The Kier molecular flexibility index (Phi) is 5.31. The summed E-state index contributed by atoms with van der Waals surface area (Å²) in [6, 6.07) is 8.67. The fraction of sp³-hybridized carbons (Fsp3) is 0.286. The van der Waals surface area contributed by atoms with E-state index in [0.29, 0.717) is 13.0 Å². The second-order valence-electron chi connectivity index (χ2n) is 4.43. The van der Waals surface area contributed by atoms with E-state index in [4.69, 9.17) is 5.11 Å². The molecule has 0 saturated carbocycles. The molecule has 0 bridgehead atoms. The smallest absolute Gasteiger partial charge is 0.240 e. The molecule has 0 saturated heterocycles.